The number of hydrogen-bond donors (Lipinski definition) is 2. The molecule has 1 amide bonds. The third-order valence-corrected chi connectivity index (χ3v) is 3.32. The van der Waals surface area contributed by atoms with Crippen LogP contribution in [0.25, 0.3) is 0 Å². The van der Waals surface area contributed by atoms with Crippen LogP contribution < -0.4 is 16.4 Å². The number of aromatic nitrogens is 2. The summed E-state index contributed by atoms with van der Waals surface area (Å²) in [6.07, 6.45) is 3.15. The van der Waals surface area contributed by atoms with E-state index in [1.807, 2.05) is 18.7 Å². The van der Waals surface area contributed by atoms with Crippen molar-refractivity contribution in [3.63, 3.8) is 0 Å². The summed E-state index contributed by atoms with van der Waals surface area (Å²) in [6.45, 7) is 4.85. The fourth-order valence-corrected chi connectivity index (χ4v) is 2.50. The van der Waals surface area contributed by atoms with Crippen LogP contribution in [-0.2, 0) is 4.79 Å². The number of carbonyl (C=O) groups is 1. The average molecular weight is 249 g/mol. The van der Waals surface area contributed by atoms with E-state index in [0.29, 0.717) is 5.82 Å². The lowest BCUT2D eigenvalue weighted by atomic mass is 10.0. The van der Waals surface area contributed by atoms with E-state index in [9.17, 15) is 4.79 Å². The summed E-state index contributed by atoms with van der Waals surface area (Å²) in [5.74, 6) is 1.12. The van der Waals surface area contributed by atoms with Crippen LogP contribution >= 0.6 is 0 Å². The molecule has 1 atom stereocenters. The number of primary amides is 1. The Morgan fingerprint density at radius 1 is 1.50 bits per heavy atom. The SMILES string of the molecule is CC(C)c1c(N)ncnc1N1CCCC1C(N)=O. The molecule has 0 spiro atoms. The highest BCUT2D eigenvalue weighted by Crippen LogP contribution is 2.33. The van der Waals surface area contributed by atoms with Crippen LogP contribution in [0.4, 0.5) is 11.6 Å². The number of rotatable bonds is 3. The second kappa shape index (κ2) is 4.80. The van der Waals surface area contributed by atoms with Crippen LogP contribution in [0.15, 0.2) is 6.33 Å². The first-order valence-electron chi connectivity index (χ1n) is 6.18. The van der Waals surface area contributed by atoms with Crippen molar-refractivity contribution in [1.82, 2.24) is 9.97 Å². The Balaban J connectivity index is 2.44. The van der Waals surface area contributed by atoms with Crippen LogP contribution in [0.1, 0.15) is 38.2 Å². The molecule has 2 heterocycles. The van der Waals surface area contributed by atoms with Crippen LogP contribution in [0.3, 0.4) is 0 Å². The Bertz CT molecular complexity index is 460. The summed E-state index contributed by atoms with van der Waals surface area (Å²) in [5, 5.41) is 0. The average Bonchev–Trinajstić information content (AvgIpc) is 2.76. The molecule has 1 aliphatic rings. The van der Waals surface area contributed by atoms with Gasteiger partial charge in [0.2, 0.25) is 5.91 Å². The molecule has 0 aromatic carbocycles. The van der Waals surface area contributed by atoms with Gasteiger partial charge in [0.25, 0.3) is 0 Å². The maximum atomic E-state index is 11.5. The van der Waals surface area contributed by atoms with Gasteiger partial charge in [0, 0.05) is 12.1 Å². The van der Waals surface area contributed by atoms with E-state index in [4.69, 9.17) is 11.5 Å². The molecule has 1 aromatic heterocycles. The lowest BCUT2D eigenvalue weighted by Gasteiger charge is -2.26. The minimum atomic E-state index is -0.306. The predicted octanol–water partition coefficient (Wildman–Crippen LogP) is 0.636. The predicted molar refractivity (Wildman–Crippen MR) is 70.1 cm³/mol. The molecule has 1 aliphatic heterocycles. The number of nitrogen functional groups attached to an aromatic ring is 1. The quantitative estimate of drug-likeness (QED) is 0.819. The van der Waals surface area contributed by atoms with E-state index < -0.39 is 0 Å². The van der Waals surface area contributed by atoms with Crippen molar-refractivity contribution < 1.29 is 4.79 Å². The Labute approximate surface area is 106 Å². The maximum absolute atomic E-state index is 11.5. The number of nitrogens with two attached hydrogens (primary N) is 2. The first-order chi connectivity index (χ1) is 8.52. The van der Waals surface area contributed by atoms with E-state index in [0.717, 1.165) is 30.8 Å². The lowest BCUT2D eigenvalue weighted by molar-refractivity contribution is -0.119. The third-order valence-electron chi connectivity index (χ3n) is 3.32. The van der Waals surface area contributed by atoms with Gasteiger partial charge < -0.3 is 16.4 Å². The molecule has 1 fully saturated rings. The molecule has 0 aliphatic carbocycles. The summed E-state index contributed by atoms with van der Waals surface area (Å²) in [6, 6.07) is -0.281. The molecule has 1 saturated heterocycles. The highest BCUT2D eigenvalue weighted by molar-refractivity contribution is 5.84. The summed E-state index contributed by atoms with van der Waals surface area (Å²) in [5.41, 5.74) is 12.2. The van der Waals surface area contributed by atoms with E-state index in [1.165, 1.54) is 6.33 Å². The van der Waals surface area contributed by atoms with Crippen molar-refractivity contribution in [2.45, 2.75) is 38.6 Å². The van der Waals surface area contributed by atoms with Gasteiger partial charge in [-0.2, -0.15) is 0 Å². The molecular weight excluding hydrogens is 230 g/mol. The van der Waals surface area contributed by atoms with Gasteiger partial charge in [-0.1, -0.05) is 13.8 Å². The molecule has 6 nitrogen and oxygen atoms in total. The fourth-order valence-electron chi connectivity index (χ4n) is 2.50. The van der Waals surface area contributed by atoms with Crippen LogP contribution in [0.5, 0.6) is 0 Å². The van der Waals surface area contributed by atoms with Crippen molar-refractivity contribution in [2.75, 3.05) is 17.2 Å². The summed E-state index contributed by atoms with van der Waals surface area (Å²) < 4.78 is 0. The van der Waals surface area contributed by atoms with Crippen molar-refractivity contribution in [1.29, 1.82) is 0 Å². The minimum absolute atomic E-state index is 0.204. The molecule has 1 unspecified atom stereocenters. The van der Waals surface area contributed by atoms with Crippen LogP contribution in [0, 0.1) is 0 Å². The Hall–Kier alpha value is -1.85. The molecule has 4 N–H and O–H groups in total. The van der Waals surface area contributed by atoms with Crippen molar-refractivity contribution in [2.24, 2.45) is 5.73 Å². The number of hydrogen-bond acceptors (Lipinski definition) is 5. The molecule has 18 heavy (non-hydrogen) atoms. The van der Waals surface area contributed by atoms with Crippen molar-refractivity contribution >= 4 is 17.5 Å². The Morgan fingerprint density at radius 3 is 2.83 bits per heavy atom. The largest absolute Gasteiger partial charge is 0.383 e. The van der Waals surface area contributed by atoms with Gasteiger partial charge in [0.15, 0.2) is 0 Å². The molecular formula is C12H19N5O. The van der Waals surface area contributed by atoms with Gasteiger partial charge in [0.1, 0.15) is 24.0 Å². The molecule has 0 radical (unpaired) electrons. The number of amides is 1. The minimum Gasteiger partial charge on any atom is -0.383 e. The second-order valence-corrected chi connectivity index (χ2v) is 4.90. The van der Waals surface area contributed by atoms with E-state index in [2.05, 4.69) is 9.97 Å². The van der Waals surface area contributed by atoms with E-state index in [1.54, 1.807) is 0 Å². The Kier molecular flexibility index (Phi) is 3.36. The smallest absolute Gasteiger partial charge is 0.240 e. The number of carbonyl (C=O) groups excluding carboxylic acids is 1. The normalized spacial score (nSPS) is 19.5. The first-order valence-corrected chi connectivity index (χ1v) is 6.18. The van der Waals surface area contributed by atoms with Gasteiger partial charge in [-0.15, -0.1) is 0 Å². The van der Waals surface area contributed by atoms with E-state index >= 15 is 0 Å². The zero-order valence-corrected chi connectivity index (χ0v) is 10.8. The van der Waals surface area contributed by atoms with E-state index in [-0.39, 0.29) is 17.9 Å². The van der Waals surface area contributed by atoms with Crippen molar-refractivity contribution in [3.05, 3.63) is 11.9 Å². The molecule has 2 rings (SSSR count). The molecule has 6 heteroatoms. The van der Waals surface area contributed by atoms with Crippen molar-refractivity contribution in [3.8, 4) is 0 Å². The third kappa shape index (κ3) is 2.10. The fraction of sp³-hybridized carbons (Fsp3) is 0.583. The van der Waals surface area contributed by atoms with Gasteiger partial charge in [-0.25, -0.2) is 9.97 Å². The molecule has 0 saturated carbocycles. The molecule has 98 valence electrons. The Morgan fingerprint density at radius 2 is 2.22 bits per heavy atom. The van der Waals surface area contributed by atoms with Crippen LogP contribution in [-0.4, -0.2) is 28.5 Å². The van der Waals surface area contributed by atoms with Gasteiger partial charge in [0.05, 0.1) is 0 Å². The van der Waals surface area contributed by atoms with Crippen LogP contribution in [0.2, 0.25) is 0 Å². The van der Waals surface area contributed by atoms with Gasteiger partial charge in [-0.05, 0) is 18.8 Å². The topological polar surface area (TPSA) is 98.1 Å². The number of nitrogens with zero attached hydrogens (tertiary/aromatic N) is 3. The van der Waals surface area contributed by atoms with Gasteiger partial charge in [-0.3, -0.25) is 4.79 Å². The highest BCUT2D eigenvalue weighted by atomic mass is 16.1. The molecule has 1 aromatic rings. The first kappa shape index (κ1) is 12.6. The zero-order valence-electron chi connectivity index (χ0n) is 10.8. The molecule has 0 bridgehead atoms. The lowest BCUT2D eigenvalue weighted by Crippen LogP contribution is -2.41. The summed E-state index contributed by atoms with van der Waals surface area (Å²) in [4.78, 5) is 21.7. The number of anilines is 2. The standard InChI is InChI=1S/C12H19N5O/c1-7(2)9-10(13)15-6-16-12(9)17-5-3-4-8(17)11(14)18/h6-8H,3-5H2,1-2H3,(H2,14,18)(H2,13,15,16). The monoisotopic (exact) mass is 249 g/mol. The summed E-state index contributed by atoms with van der Waals surface area (Å²) in [7, 11) is 0. The highest BCUT2D eigenvalue weighted by Gasteiger charge is 2.32. The zero-order chi connectivity index (χ0) is 13.3. The summed E-state index contributed by atoms with van der Waals surface area (Å²) >= 11 is 0. The van der Waals surface area contributed by atoms with Gasteiger partial charge >= 0.3 is 0 Å². The second-order valence-electron chi connectivity index (χ2n) is 4.90. The maximum Gasteiger partial charge on any atom is 0.240 e.